The first-order valence-electron chi connectivity index (χ1n) is 10.8. The summed E-state index contributed by atoms with van der Waals surface area (Å²) in [6.45, 7) is 6.09. The van der Waals surface area contributed by atoms with Crippen molar-refractivity contribution in [2.45, 2.75) is 33.1 Å². The number of nitrogens with zero attached hydrogens (tertiary/aromatic N) is 5. The summed E-state index contributed by atoms with van der Waals surface area (Å²) in [6, 6.07) is 13.9. The molecule has 3 heterocycles. The summed E-state index contributed by atoms with van der Waals surface area (Å²) < 4.78 is 6.90. The summed E-state index contributed by atoms with van der Waals surface area (Å²) >= 11 is 0. The molecule has 0 spiro atoms. The molecular weight excluding hydrogens is 416 g/mol. The zero-order chi connectivity index (χ0) is 23.1. The fourth-order valence-electron chi connectivity index (χ4n) is 4.40. The number of anilines is 1. The average molecular weight is 441 g/mol. The van der Waals surface area contributed by atoms with E-state index in [9.17, 15) is 4.79 Å². The number of carbonyl (C=O) groups excluding carboxylic acids is 1. The third kappa shape index (κ3) is 3.73. The molecule has 0 unspecified atom stereocenters. The third-order valence-corrected chi connectivity index (χ3v) is 6.02. The second-order valence-corrected chi connectivity index (χ2v) is 8.30. The molecule has 0 aliphatic carbocycles. The Kier molecular flexibility index (Phi) is 5.12. The van der Waals surface area contributed by atoms with Gasteiger partial charge in [-0.1, -0.05) is 35.9 Å². The molecule has 2 aromatic heterocycles. The van der Waals surface area contributed by atoms with E-state index in [4.69, 9.17) is 9.84 Å². The molecular formula is C25H24N6O2. The van der Waals surface area contributed by atoms with Crippen LogP contribution in [-0.2, 0) is 4.79 Å². The lowest BCUT2D eigenvalue weighted by atomic mass is 9.83. The molecule has 8 heteroatoms. The minimum Gasteiger partial charge on any atom is -0.497 e. The Morgan fingerprint density at radius 1 is 1.12 bits per heavy atom. The zero-order valence-corrected chi connectivity index (χ0v) is 19.0. The molecule has 0 radical (unpaired) electrons. The van der Waals surface area contributed by atoms with Gasteiger partial charge in [-0.3, -0.25) is 4.79 Å². The molecule has 0 saturated carbocycles. The van der Waals surface area contributed by atoms with Crippen LogP contribution >= 0.6 is 0 Å². The fraction of sp³-hybridized carbons (Fsp3) is 0.240. The van der Waals surface area contributed by atoms with E-state index >= 15 is 0 Å². The maximum Gasteiger partial charge on any atom is 0.272 e. The summed E-state index contributed by atoms with van der Waals surface area (Å²) in [7, 11) is 1.62. The van der Waals surface area contributed by atoms with E-state index in [1.807, 2.05) is 31.2 Å². The maximum absolute atomic E-state index is 12.7. The number of aryl methyl sites for hydroxylation is 3. The van der Waals surface area contributed by atoms with E-state index in [0.29, 0.717) is 23.9 Å². The molecule has 166 valence electrons. The smallest absolute Gasteiger partial charge is 0.272 e. The van der Waals surface area contributed by atoms with Crippen LogP contribution in [0.4, 0.5) is 5.82 Å². The molecule has 1 amide bonds. The lowest BCUT2D eigenvalue weighted by Gasteiger charge is -2.25. The van der Waals surface area contributed by atoms with Gasteiger partial charge >= 0.3 is 0 Å². The van der Waals surface area contributed by atoms with Gasteiger partial charge in [0.25, 0.3) is 5.95 Å². The first-order chi connectivity index (χ1) is 15.9. The molecule has 1 aliphatic rings. The van der Waals surface area contributed by atoms with Crippen LogP contribution in [0.15, 0.2) is 48.7 Å². The van der Waals surface area contributed by atoms with Crippen LogP contribution in [0.1, 0.15) is 40.3 Å². The van der Waals surface area contributed by atoms with Crippen molar-refractivity contribution in [3.05, 3.63) is 76.6 Å². The van der Waals surface area contributed by atoms with Crippen LogP contribution in [0.25, 0.3) is 17.2 Å². The number of amides is 1. The Hall–Kier alpha value is -4.07. The second kappa shape index (κ2) is 8.12. The quantitative estimate of drug-likeness (QED) is 0.513. The number of nitrogens with one attached hydrogen (secondary N) is 1. The van der Waals surface area contributed by atoms with Crippen molar-refractivity contribution in [3.8, 4) is 23.0 Å². The highest BCUT2D eigenvalue weighted by atomic mass is 16.5. The molecule has 1 atom stereocenters. The molecule has 4 aromatic rings. The van der Waals surface area contributed by atoms with Gasteiger partial charge in [0, 0.05) is 23.5 Å². The number of aromatic nitrogens is 5. The Bertz CT molecular complexity index is 1380. The highest BCUT2D eigenvalue weighted by Crippen LogP contribution is 2.41. The number of fused-ring (bicyclic) bond motifs is 1. The Balaban J connectivity index is 1.62. The largest absolute Gasteiger partial charge is 0.497 e. The lowest BCUT2D eigenvalue weighted by molar-refractivity contribution is -0.116. The highest BCUT2D eigenvalue weighted by molar-refractivity contribution is 5.95. The van der Waals surface area contributed by atoms with Gasteiger partial charge in [-0.05, 0) is 44.0 Å². The van der Waals surface area contributed by atoms with Crippen molar-refractivity contribution in [1.82, 2.24) is 25.0 Å². The van der Waals surface area contributed by atoms with Crippen LogP contribution in [0.5, 0.6) is 5.75 Å². The number of ether oxygens (including phenoxy) is 1. The standard InChI is InChI=1S/C25H24N6O2/c1-14-8-9-15(2)19(10-14)20-12-22(32)28-24-23(20)16(3)30-31(24)25-27-21(13-26-29-25)17-6-5-7-18(11-17)33-4/h5-11,13,20H,12H2,1-4H3,(H,28,32)/t20-/m0/s1. The molecule has 0 saturated heterocycles. The second-order valence-electron chi connectivity index (χ2n) is 8.30. The van der Waals surface area contributed by atoms with Crippen molar-refractivity contribution in [3.63, 3.8) is 0 Å². The van der Waals surface area contributed by atoms with Crippen molar-refractivity contribution < 1.29 is 9.53 Å². The Morgan fingerprint density at radius 2 is 1.97 bits per heavy atom. The summed E-state index contributed by atoms with van der Waals surface area (Å²) in [5.74, 6) is 1.47. The van der Waals surface area contributed by atoms with Gasteiger partial charge < -0.3 is 10.1 Å². The maximum atomic E-state index is 12.7. The molecule has 1 aliphatic heterocycles. The number of rotatable bonds is 4. The lowest BCUT2D eigenvalue weighted by Crippen LogP contribution is -2.25. The average Bonchev–Trinajstić information content (AvgIpc) is 3.16. The van der Waals surface area contributed by atoms with Crippen molar-refractivity contribution in [2.24, 2.45) is 0 Å². The van der Waals surface area contributed by atoms with Crippen molar-refractivity contribution >= 4 is 11.7 Å². The first-order valence-corrected chi connectivity index (χ1v) is 10.8. The van der Waals surface area contributed by atoms with Gasteiger partial charge in [0.05, 0.1) is 24.7 Å². The van der Waals surface area contributed by atoms with Crippen molar-refractivity contribution in [1.29, 1.82) is 0 Å². The van der Waals surface area contributed by atoms with E-state index in [2.05, 4.69) is 52.5 Å². The molecule has 1 N–H and O–H groups in total. The normalized spacial score (nSPS) is 15.2. The van der Waals surface area contributed by atoms with Gasteiger partial charge in [0.2, 0.25) is 5.91 Å². The monoisotopic (exact) mass is 440 g/mol. The SMILES string of the molecule is COc1cccc(-c2cnnc(-n3nc(C)c4c3NC(=O)C[C@H]4c3cc(C)ccc3C)n2)c1. The van der Waals surface area contributed by atoms with E-state index in [-0.39, 0.29) is 11.8 Å². The number of carbonyl (C=O) groups is 1. The van der Waals surface area contributed by atoms with Crippen LogP contribution < -0.4 is 10.1 Å². The van der Waals surface area contributed by atoms with E-state index in [1.165, 1.54) is 0 Å². The minimum atomic E-state index is -0.0862. The molecule has 0 bridgehead atoms. The highest BCUT2D eigenvalue weighted by Gasteiger charge is 2.34. The summed E-state index contributed by atoms with van der Waals surface area (Å²) in [5.41, 5.74) is 6.74. The molecule has 33 heavy (non-hydrogen) atoms. The topological polar surface area (TPSA) is 94.8 Å². The molecule has 2 aromatic carbocycles. The van der Waals surface area contributed by atoms with Gasteiger partial charge in [0.1, 0.15) is 11.6 Å². The number of methoxy groups -OCH3 is 1. The minimum absolute atomic E-state index is 0.0635. The fourth-order valence-corrected chi connectivity index (χ4v) is 4.40. The number of hydrogen-bond donors (Lipinski definition) is 1. The molecule has 0 fully saturated rings. The van der Waals surface area contributed by atoms with Crippen LogP contribution in [0, 0.1) is 20.8 Å². The van der Waals surface area contributed by atoms with Crippen LogP contribution in [0.2, 0.25) is 0 Å². The molecule has 5 rings (SSSR count). The van der Waals surface area contributed by atoms with Crippen molar-refractivity contribution in [2.75, 3.05) is 12.4 Å². The predicted octanol–water partition coefficient (Wildman–Crippen LogP) is 4.13. The van der Waals surface area contributed by atoms with E-state index in [0.717, 1.165) is 39.3 Å². The van der Waals surface area contributed by atoms with Gasteiger partial charge in [-0.2, -0.15) is 14.9 Å². The van der Waals surface area contributed by atoms with Crippen LogP contribution in [-0.4, -0.2) is 38.0 Å². The zero-order valence-electron chi connectivity index (χ0n) is 19.0. The first kappa shape index (κ1) is 20.8. The van der Waals surface area contributed by atoms with Gasteiger partial charge in [-0.15, -0.1) is 5.10 Å². The summed E-state index contributed by atoms with van der Waals surface area (Å²) in [4.78, 5) is 17.4. The van der Waals surface area contributed by atoms with E-state index < -0.39 is 0 Å². The molecule has 8 nitrogen and oxygen atoms in total. The Morgan fingerprint density at radius 3 is 2.79 bits per heavy atom. The number of benzene rings is 2. The number of hydrogen-bond acceptors (Lipinski definition) is 6. The predicted molar refractivity (Wildman–Crippen MR) is 125 cm³/mol. The Labute approximate surface area is 191 Å². The summed E-state index contributed by atoms with van der Waals surface area (Å²) in [6.07, 6.45) is 1.96. The third-order valence-electron chi connectivity index (χ3n) is 6.02. The van der Waals surface area contributed by atoms with Crippen LogP contribution in [0.3, 0.4) is 0 Å². The summed E-state index contributed by atoms with van der Waals surface area (Å²) in [5, 5.41) is 16.1. The van der Waals surface area contributed by atoms with Gasteiger partial charge in [0.15, 0.2) is 0 Å². The van der Waals surface area contributed by atoms with E-state index in [1.54, 1.807) is 18.0 Å². The van der Waals surface area contributed by atoms with Gasteiger partial charge in [-0.25, -0.2) is 4.98 Å².